The zero-order chi connectivity index (χ0) is 19.0. The van der Waals surface area contributed by atoms with Gasteiger partial charge in [-0.3, -0.25) is 4.99 Å². The van der Waals surface area contributed by atoms with Crippen molar-refractivity contribution in [1.82, 2.24) is 10.6 Å². The Kier molecular flexibility index (Phi) is 7.18. The van der Waals surface area contributed by atoms with Crippen LogP contribution in [0.3, 0.4) is 0 Å². The van der Waals surface area contributed by atoms with E-state index in [-0.39, 0.29) is 5.41 Å². The molecular formula is C20H31N3O4. The molecule has 2 heterocycles. The fraction of sp³-hybridized carbons (Fsp3) is 0.650. The molecule has 1 saturated heterocycles. The molecule has 7 heteroatoms. The second-order valence-corrected chi connectivity index (χ2v) is 6.86. The van der Waals surface area contributed by atoms with Crippen molar-refractivity contribution in [2.24, 2.45) is 4.99 Å². The first kappa shape index (κ1) is 19.8. The Hall–Kier alpha value is -1.99. The highest BCUT2D eigenvalue weighted by Gasteiger charge is 2.35. The highest BCUT2D eigenvalue weighted by atomic mass is 16.7. The molecule has 3 rings (SSSR count). The minimum Gasteiger partial charge on any atom is -0.454 e. The molecule has 0 aliphatic carbocycles. The van der Waals surface area contributed by atoms with Crippen molar-refractivity contribution in [3.63, 3.8) is 0 Å². The summed E-state index contributed by atoms with van der Waals surface area (Å²) in [7, 11) is 1.80. The molecule has 0 radical (unpaired) electrons. The van der Waals surface area contributed by atoms with Gasteiger partial charge < -0.3 is 29.6 Å². The van der Waals surface area contributed by atoms with Gasteiger partial charge in [0.15, 0.2) is 17.5 Å². The number of ether oxygens (including phenoxy) is 4. The molecule has 0 spiro atoms. The quantitative estimate of drug-likeness (QED) is 0.410. The maximum atomic E-state index is 5.63. The van der Waals surface area contributed by atoms with Crippen molar-refractivity contribution in [3.8, 4) is 11.5 Å². The highest BCUT2D eigenvalue weighted by molar-refractivity contribution is 5.79. The smallest absolute Gasteiger partial charge is 0.231 e. The van der Waals surface area contributed by atoms with Gasteiger partial charge in [-0.05, 0) is 43.9 Å². The third-order valence-corrected chi connectivity index (χ3v) is 5.21. The van der Waals surface area contributed by atoms with E-state index in [0.29, 0.717) is 6.79 Å². The van der Waals surface area contributed by atoms with E-state index < -0.39 is 0 Å². The molecule has 1 aromatic carbocycles. The number of aliphatic imine (C=N–C) groups is 1. The van der Waals surface area contributed by atoms with Gasteiger partial charge in [0.1, 0.15) is 0 Å². The number of hydrogen-bond acceptors (Lipinski definition) is 5. The summed E-state index contributed by atoms with van der Waals surface area (Å²) in [6, 6.07) is 6.28. The Morgan fingerprint density at radius 1 is 1.19 bits per heavy atom. The molecule has 0 atom stereocenters. The van der Waals surface area contributed by atoms with E-state index >= 15 is 0 Å². The van der Waals surface area contributed by atoms with Gasteiger partial charge in [0.05, 0.1) is 0 Å². The van der Waals surface area contributed by atoms with Crippen LogP contribution in [0.5, 0.6) is 11.5 Å². The van der Waals surface area contributed by atoms with Gasteiger partial charge in [-0.25, -0.2) is 0 Å². The Morgan fingerprint density at radius 2 is 2.00 bits per heavy atom. The topological polar surface area (TPSA) is 73.3 Å². The number of fused-ring (bicyclic) bond motifs is 1. The van der Waals surface area contributed by atoms with E-state index in [2.05, 4.69) is 27.8 Å². The summed E-state index contributed by atoms with van der Waals surface area (Å²) >= 11 is 0. The summed E-state index contributed by atoms with van der Waals surface area (Å²) in [5, 5.41) is 6.87. The molecule has 0 aromatic heterocycles. The minimum absolute atomic E-state index is 0.0117. The van der Waals surface area contributed by atoms with Gasteiger partial charge in [0.2, 0.25) is 6.79 Å². The van der Waals surface area contributed by atoms with Crippen LogP contribution in [0.2, 0.25) is 0 Å². The van der Waals surface area contributed by atoms with E-state index in [0.717, 1.165) is 76.2 Å². The molecule has 0 saturated carbocycles. The van der Waals surface area contributed by atoms with Gasteiger partial charge in [-0.1, -0.05) is 6.07 Å². The molecule has 0 unspecified atom stereocenters. The van der Waals surface area contributed by atoms with E-state index in [1.54, 1.807) is 7.05 Å². The van der Waals surface area contributed by atoms with Crippen molar-refractivity contribution in [1.29, 1.82) is 0 Å². The van der Waals surface area contributed by atoms with Crippen LogP contribution in [0.4, 0.5) is 0 Å². The normalized spacial score (nSPS) is 18.4. The monoisotopic (exact) mass is 377 g/mol. The standard InChI is InChI=1S/C20H31N3O4/c1-3-24-10-4-9-22-19(21-2)23-14-20(7-11-25-12-8-20)16-5-6-17-18(13-16)27-15-26-17/h5-6,13H,3-4,7-12,14-15H2,1-2H3,(H2,21,22,23). The fourth-order valence-electron chi connectivity index (χ4n) is 3.55. The average Bonchev–Trinajstić information content (AvgIpc) is 3.18. The lowest BCUT2D eigenvalue weighted by atomic mass is 9.74. The van der Waals surface area contributed by atoms with E-state index in [1.807, 2.05) is 13.0 Å². The average molecular weight is 377 g/mol. The van der Waals surface area contributed by atoms with Crippen molar-refractivity contribution >= 4 is 5.96 Å². The zero-order valence-corrected chi connectivity index (χ0v) is 16.4. The third kappa shape index (κ3) is 5.05. The predicted molar refractivity (Wildman–Crippen MR) is 105 cm³/mol. The second kappa shape index (κ2) is 9.80. The molecule has 0 amide bonds. The predicted octanol–water partition coefficient (Wildman–Crippen LogP) is 2.06. The van der Waals surface area contributed by atoms with E-state index in [4.69, 9.17) is 18.9 Å². The van der Waals surface area contributed by atoms with Crippen molar-refractivity contribution in [3.05, 3.63) is 23.8 Å². The number of benzene rings is 1. The third-order valence-electron chi connectivity index (χ3n) is 5.21. The summed E-state index contributed by atoms with van der Waals surface area (Å²) in [4.78, 5) is 4.35. The van der Waals surface area contributed by atoms with Crippen LogP contribution in [0.1, 0.15) is 31.7 Å². The van der Waals surface area contributed by atoms with E-state index in [1.165, 1.54) is 5.56 Å². The van der Waals surface area contributed by atoms with Gasteiger partial charge in [0.25, 0.3) is 0 Å². The molecule has 150 valence electrons. The summed E-state index contributed by atoms with van der Waals surface area (Å²) in [5.41, 5.74) is 1.25. The minimum atomic E-state index is -0.0117. The van der Waals surface area contributed by atoms with Gasteiger partial charge >= 0.3 is 0 Å². The number of rotatable bonds is 8. The fourth-order valence-corrected chi connectivity index (χ4v) is 3.55. The number of nitrogens with one attached hydrogen (secondary N) is 2. The molecule has 2 aliphatic rings. The molecular weight excluding hydrogens is 346 g/mol. The first-order valence-corrected chi connectivity index (χ1v) is 9.77. The lowest BCUT2D eigenvalue weighted by molar-refractivity contribution is 0.0513. The van der Waals surface area contributed by atoms with E-state index in [9.17, 15) is 0 Å². The molecule has 27 heavy (non-hydrogen) atoms. The highest BCUT2D eigenvalue weighted by Crippen LogP contribution is 2.40. The lowest BCUT2D eigenvalue weighted by Crippen LogP contribution is -2.48. The van der Waals surface area contributed by atoms with Crippen molar-refractivity contribution in [2.75, 3.05) is 53.4 Å². The molecule has 2 aliphatic heterocycles. The van der Waals surface area contributed by atoms with Crippen LogP contribution in [0.15, 0.2) is 23.2 Å². The summed E-state index contributed by atoms with van der Waals surface area (Å²) in [5.74, 6) is 2.47. The van der Waals surface area contributed by atoms with Crippen LogP contribution in [0, 0.1) is 0 Å². The summed E-state index contributed by atoms with van der Waals surface area (Å²) in [6.07, 6.45) is 2.87. The number of nitrogens with zero attached hydrogens (tertiary/aromatic N) is 1. The molecule has 0 bridgehead atoms. The van der Waals surface area contributed by atoms with Gasteiger partial charge in [-0.15, -0.1) is 0 Å². The Bertz CT molecular complexity index is 630. The maximum absolute atomic E-state index is 5.63. The lowest BCUT2D eigenvalue weighted by Gasteiger charge is -2.38. The SMILES string of the molecule is CCOCCCNC(=NC)NCC1(c2ccc3c(c2)OCO3)CCOCC1. The van der Waals surface area contributed by atoms with Crippen LogP contribution >= 0.6 is 0 Å². The Morgan fingerprint density at radius 3 is 2.78 bits per heavy atom. The van der Waals surface area contributed by atoms with Crippen LogP contribution in [-0.4, -0.2) is 59.3 Å². The number of hydrogen-bond donors (Lipinski definition) is 2. The van der Waals surface area contributed by atoms with Crippen LogP contribution < -0.4 is 20.1 Å². The first-order chi connectivity index (χ1) is 13.3. The molecule has 2 N–H and O–H groups in total. The van der Waals surface area contributed by atoms with Gasteiger partial charge in [0, 0.05) is 52.0 Å². The Balaban J connectivity index is 1.62. The van der Waals surface area contributed by atoms with Crippen molar-refractivity contribution < 1.29 is 18.9 Å². The zero-order valence-electron chi connectivity index (χ0n) is 16.4. The largest absolute Gasteiger partial charge is 0.454 e. The summed E-state index contributed by atoms with van der Waals surface area (Å²) in [6.45, 7) is 6.98. The summed E-state index contributed by atoms with van der Waals surface area (Å²) < 4.78 is 22.1. The van der Waals surface area contributed by atoms with Crippen LogP contribution in [0.25, 0.3) is 0 Å². The Labute approximate surface area is 161 Å². The molecule has 7 nitrogen and oxygen atoms in total. The molecule has 1 aromatic rings. The second-order valence-electron chi connectivity index (χ2n) is 6.86. The number of guanidine groups is 1. The van der Waals surface area contributed by atoms with Gasteiger partial charge in [-0.2, -0.15) is 0 Å². The van der Waals surface area contributed by atoms with Crippen LogP contribution in [-0.2, 0) is 14.9 Å². The maximum Gasteiger partial charge on any atom is 0.231 e. The first-order valence-electron chi connectivity index (χ1n) is 9.77. The van der Waals surface area contributed by atoms with Crippen molar-refractivity contribution in [2.45, 2.75) is 31.6 Å². The molecule has 1 fully saturated rings.